The van der Waals surface area contributed by atoms with Crippen molar-refractivity contribution in [1.82, 2.24) is 4.98 Å². The Morgan fingerprint density at radius 2 is 2.24 bits per heavy atom. The van der Waals surface area contributed by atoms with Gasteiger partial charge in [-0.3, -0.25) is 0 Å². The van der Waals surface area contributed by atoms with Crippen LogP contribution in [0.5, 0.6) is 0 Å². The molecule has 0 unspecified atom stereocenters. The highest BCUT2D eigenvalue weighted by Gasteiger charge is 2.18. The normalized spacial score (nSPS) is 10.5. The van der Waals surface area contributed by atoms with E-state index >= 15 is 0 Å². The smallest absolute Gasteiger partial charge is 0.355 e. The first kappa shape index (κ1) is 12.2. The highest BCUT2D eigenvalue weighted by molar-refractivity contribution is 9.10. The van der Waals surface area contributed by atoms with Crippen molar-refractivity contribution in [2.24, 2.45) is 0 Å². The third-order valence-corrected chi connectivity index (χ3v) is 3.82. The number of aromatic carboxylic acids is 1. The third kappa shape index (κ3) is 2.23. The first-order valence-electron chi connectivity index (χ1n) is 4.66. The van der Waals surface area contributed by atoms with Crippen LogP contribution in [0, 0.1) is 12.7 Å². The molecule has 1 aromatic heterocycles. The quantitative estimate of drug-likeness (QED) is 0.919. The first-order chi connectivity index (χ1) is 8.00. The number of nitrogens with zero attached hydrogens (tertiary/aromatic N) is 1. The van der Waals surface area contributed by atoms with Crippen LogP contribution in [0.15, 0.2) is 22.7 Å². The van der Waals surface area contributed by atoms with E-state index in [2.05, 4.69) is 20.9 Å². The molecule has 0 aliphatic carbocycles. The van der Waals surface area contributed by atoms with Gasteiger partial charge in [-0.05, 0) is 35.0 Å². The summed E-state index contributed by atoms with van der Waals surface area (Å²) >= 11 is 4.40. The van der Waals surface area contributed by atoms with E-state index in [-0.39, 0.29) is 5.69 Å². The summed E-state index contributed by atoms with van der Waals surface area (Å²) in [7, 11) is 0. The molecule has 0 radical (unpaired) electrons. The second kappa shape index (κ2) is 4.54. The summed E-state index contributed by atoms with van der Waals surface area (Å²) in [5, 5.41) is 9.27. The predicted molar refractivity (Wildman–Crippen MR) is 66.9 cm³/mol. The Morgan fingerprint density at radius 3 is 2.76 bits per heavy atom. The fourth-order valence-electron chi connectivity index (χ4n) is 1.40. The maximum absolute atomic E-state index is 13.7. The number of aryl methyl sites for hydroxylation is 1. The predicted octanol–water partition coefficient (Wildman–Crippen LogP) is 3.72. The zero-order valence-corrected chi connectivity index (χ0v) is 11.1. The van der Waals surface area contributed by atoms with E-state index in [0.717, 1.165) is 11.3 Å². The number of rotatable bonds is 2. The molecule has 1 N–H and O–H groups in total. The van der Waals surface area contributed by atoms with Gasteiger partial charge in [0.25, 0.3) is 0 Å². The zero-order valence-electron chi connectivity index (χ0n) is 8.70. The van der Waals surface area contributed by atoms with Crippen molar-refractivity contribution in [2.45, 2.75) is 6.92 Å². The number of carboxylic acids is 1. The summed E-state index contributed by atoms with van der Waals surface area (Å²) in [5.74, 6) is -1.53. The Morgan fingerprint density at radius 1 is 1.53 bits per heavy atom. The van der Waals surface area contributed by atoms with Crippen LogP contribution in [0.3, 0.4) is 0 Å². The lowest BCUT2D eigenvalue weighted by molar-refractivity contribution is 0.0690. The van der Waals surface area contributed by atoms with Gasteiger partial charge >= 0.3 is 5.97 Å². The van der Waals surface area contributed by atoms with Crippen molar-refractivity contribution in [3.63, 3.8) is 0 Å². The molecular formula is C11H7BrFNO2S. The molecule has 2 aromatic rings. The molecule has 1 heterocycles. The highest BCUT2D eigenvalue weighted by Crippen LogP contribution is 2.34. The van der Waals surface area contributed by atoms with E-state index in [0.29, 0.717) is 19.9 Å². The number of benzene rings is 1. The van der Waals surface area contributed by atoms with Gasteiger partial charge in [-0.2, -0.15) is 0 Å². The number of hydrogen-bond donors (Lipinski definition) is 1. The van der Waals surface area contributed by atoms with Crippen LogP contribution in [0.1, 0.15) is 15.4 Å². The van der Waals surface area contributed by atoms with Crippen LogP contribution in [-0.2, 0) is 0 Å². The second-order valence-corrected chi connectivity index (χ2v) is 5.38. The molecule has 3 nitrogen and oxygen atoms in total. The molecule has 1 aromatic carbocycles. The lowest BCUT2D eigenvalue weighted by Crippen LogP contribution is -1.98. The van der Waals surface area contributed by atoms with E-state index in [4.69, 9.17) is 5.11 Å². The molecule has 0 aliphatic rings. The largest absolute Gasteiger partial charge is 0.476 e. The van der Waals surface area contributed by atoms with Crippen LogP contribution in [-0.4, -0.2) is 16.1 Å². The minimum absolute atomic E-state index is 0.0276. The summed E-state index contributed by atoms with van der Waals surface area (Å²) in [4.78, 5) is 15.4. The van der Waals surface area contributed by atoms with Gasteiger partial charge in [-0.1, -0.05) is 6.07 Å². The molecule has 0 spiro atoms. The van der Waals surface area contributed by atoms with Gasteiger partial charge in [0.05, 0.1) is 5.56 Å². The summed E-state index contributed by atoms with van der Waals surface area (Å²) in [6.45, 7) is 1.65. The number of carboxylic acid groups (broad SMARTS) is 1. The van der Waals surface area contributed by atoms with Crippen LogP contribution < -0.4 is 0 Å². The van der Waals surface area contributed by atoms with Gasteiger partial charge in [0.1, 0.15) is 10.8 Å². The van der Waals surface area contributed by atoms with Crippen LogP contribution in [0.2, 0.25) is 0 Å². The summed E-state index contributed by atoms with van der Waals surface area (Å²) in [6, 6.07) is 4.58. The lowest BCUT2D eigenvalue weighted by atomic mass is 10.2. The fraction of sp³-hybridized carbons (Fsp3) is 0.0909. The first-order valence-corrected chi connectivity index (χ1v) is 6.26. The maximum atomic E-state index is 13.7. The average Bonchev–Trinajstić information content (AvgIpc) is 2.60. The average molecular weight is 316 g/mol. The van der Waals surface area contributed by atoms with Crippen molar-refractivity contribution < 1.29 is 14.3 Å². The van der Waals surface area contributed by atoms with Gasteiger partial charge < -0.3 is 5.11 Å². The standard InChI is InChI=1S/C11H7BrFNO2S/c1-5-9(11(15)16)14-10(17-5)8-6(12)3-2-4-7(8)13/h2-4H,1H3,(H,15,16). The van der Waals surface area contributed by atoms with E-state index in [9.17, 15) is 9.18 Å². The molecule has 6 heteroatoms. The molecular weight excluding hydrogens is 309 g/mol. The Kier molecular flexibility index (Phi) is 3.26. The molecule has 0 fully saturated rings. The van der Waals surface area contributed by atoms with Gasteiger partial charge in [-0.15, -0.1) is 11.3 Å². The van der Waals surface area contributed by atoms with Gasteiger partial charge in [-0.25, -0.2) is 14.2 Å². The fourth-order valence-corrected chi connectivity index (χ4v) is 3.03. The Hall–Kier alpha value is -1.27. The number of halogens is 2. The van der Waals surface area contributed by atoms with Gasteiger partial charge in [0.2, 0.25) is 0 Å². The third-order valence-electron chi connectivity index (χ3n) is 2.18. The maximum Gasteiger partial charge on any atom is 0.355 e. The van der Waals surface area contributed by atoms with Crippen molar-refractivity contribution in [3.05, 3.63) is 39.1 Å². The van der Waals surface area contributed by atoms with E-state index in [1.165, 1.54) is 6.07 Å². The van der Waals surface area contributed by atoms with Crippen molar-refractivity contribution in [3.8, 4) is 10.6 Å². The van der Waals surface area contributed by atoms with E-state index in [1.807, 2.05) is 0 Å². The lowest BCUT2D eigenvalue weighted by Gasteiger charge is -2.01. The molecule has 0 saturated heterocycles. The summed E-state index contributed by atoms with van der Waals surface area (Å²) < 4.78 is 14.2. The molecule has 0 bridgehead atoms. The molecule has 0 amide bonds. The van der Waals surface area contributed by atoms with Gasteiger partial charge in [0.15, 0.2) is 5.69 Å². The van der Waals surface area contributed by atoms with Gasteiger partial charge in [0, 0.05) is 9.35 Å². The number of carbonyl (C=O) groups is 1. The molecule has 17 heavy (non-hydrogen) atoms. The summed E-state index contributed by atoms with van der Waals surface area (Å²) in [5.41, 5.74) is 0.272. The topological polar surface area (TPSA) is 50.2 Å². The molecule has 0 aliphatic heterocycles. The minimum atomic E-state index is -1.10. The monoisotopic (exact) mass is 315 g/mol. The number of thiazole rings is 1. The van der Waals surface area contributed by atoms with Crippen molar-refractivity contribution in [1.29, 1.82) is 0 Å². The van der Waals surface area contributed by atoms with E-state index in [1.54, 1.807) is 19.1 Å². The van der Waals surface area contributed by atoms with Crippen LogP contribution >= 0.6 is 27.3 Å². The Bertz CT molecular complexity index is 577. The van der Waals surface area contributed by atoms with Crippen LogP contribution in [0.4, 0.5) is 4.39 Å². The molecule has 0 saturated carbocycles. The number of aromatic nitrogens is 1. The van der Waals surface area contributed by atoms with Crippen molar-refractivity contribution in [2.75, 3.05) is 0 Å². The number of hydrogen-bond acceptors (Lipinski definition) is 3. The molecule has 2 rings (SSSR count). The second-order valence-electron chi connectivity index (χ2n) is 3.33. The van der Waals surface area contributed by atoms with Crippen molar-refractivity contribution >= 4 is 33.2 Å². The van der Waals surface area contributed by atoms with Crippen LogP contribution in [0.25, 0.3) is 10.6 Å². The Balaban J connectivity index is 2.62. The molecule has 0 atom stereocenters. The Labute approximate surface area is 109 Å². The minimum Gasteiger partial charge on any atom is -0.476 e. The van der Waals surface area contributed by atoms with E-state index < -0.39 is 11.8 Å². The summed E-state index contributed by atoms with van der Waals surface area (Å²) in [6.07, 6.45) is 0. The SMILES string of the molecule is Cc1sc(-c2c(F)cccc2Br)nc1C(=O)O. The zero-order chi connectivity index (χ0) is 12.6. The highest BCUT2D eigenvalue weighted by atomic mass is 79.9. The molecule has 88 valence electrons.